The number of H-pyrrole nitrogens is 1. The van der Waals surface area contributed by atoms with Gasteiger partial charge in [-0.25, -0.2) is 13.1 Å². The smallest absolute Gasteiger partial charge is 0.258 e. The zero-order valence-electron chi connectivity index (χ0n) is 12.1. The van der Waals surface area contributed by atoms with Gasteiger partial charge in [-0.15, -0.1) is 0 Å². The molecule has 0 fully saturated rings. The van der Waals surface area contributed by atoms with Gasteiger partial charge in [0.1, 0.15) is 0 Å². The van der Waals surface area contributed by atoms with E-state index in [-0.39, 0.29) is 11.1 Å². The fraction of sp³-hybridized carbons (Fsp3) is 0.357. The highest BCUT2D eigenvalue weighted by molar-refractivity contribution is 7.89. The van der Waals surface area contributed by atoms with Crippen molar-refractivity contribution in [1.29, 1.82) is 0 Å². The highest BCUT2D eigenvalue weighted by Gasteiger charge is 2.24. The summed E-state index contributed by atoms with van der Waals surface area (Å²) in [7, 11) is -1.88. The lowest BCUT2D eigenvalue weighted by Gasteiger charge is -2.17. The van der Waals surface area contributed by atoms with Crippen LogP contribution in [0.2, 0.25) is 0 Å². The number of aromatic amines is 1. The lowest BCUT2D eigenvalue weighted by atomic mass is 10.1. The molecule has 1 atom stereocenters. The molecule has 0 aliphatic heterocycles. The van der Waals surface area contributed by atoms with Gasteiger partial charge in [-0.2, -0.15) is 5.10 Å². The second-order valence-corrected chi connectivity index (χ2v) is 6.40. The zero-order valence-corrected chi connectivity index (χ0v) is 12.9. The molecule has 0 aliphatic rings. The van der Waals surface area contributed by atoms with Crippen molar-refractivity contribution in [1.82, 2.24) is 20.2 Å². The van der Waals surface area contributed by atoms with Gasteiger partial charge < -0.3 is 5.32 Å². The fourth-order valence-electron chi connectivity index (χ4n) is 2.17. The first-order chi connectivity index (χ1) is 10.1. The standard InChI is InChI=1S/C14H20N4O2S/c1-3-13(11-7-5-4-6-8-11)18-21(19,20)14-12(9-15-2)10-16-17-14/h4-8,10,13,15,18H,3,9H2,1-2H3,(H,16,17). The van der Waals surface area contributed by atoms with E-state index in [2.05, 4.69) is 20.2 Å². The van der Waals surface area contributed by atoms with Gasteiger partial charge in [0, 0.05) is 18.2 Å². The molecule has 1 unspecified atom stereocenters. The summed E-state index contributed by atoms with van der Waals surface area (Å²) in [5, 5.41) is 9.45. The van der Waals surface area contributed by atoms with Crippen molar-refractivity contribution in [3.63, 3.8) is 0 Å². The maximum absolute atomic E-state index is 12.5. The molecule has 0 saturated carbocycles. The molecule has 1 aromatic heterocycles. The van der Waals surface area contributed by atoms with Crippen molar-refractivity contribution in [2.24, 2.45) is 0 Å². The highest BCUT2D eigenvalue weighted by Crippen LogP contribution is 2.20. The molecule has 0 spiro atoms. The Morgan fingerprint density at radius 3 is 2.62 bits per heavy atom. The molecule has 1 aromatic carbocycles. The predicted octanol–water partition coefficient (Wildman–Crippen LogP) is 1.56. The summed E-state index contributed by atoms with van der Waals surface area (Å²) in [5.41, 5.74) is 1.56. The van der Waals surface area contributed by atoms with Crippen LogP contribution in [0.4, 0.5) is 0 Å². The number of hydrogen-bond acceptors (Lipinski definition) is 4. The molecular weight excluding hydrogens is 288 g/mol. The fourth-order valence-corrected chi connectivity index (χ4v) is 3.61. The summed E-state index contributed by atoms with van der Waals surface area (Å²) >= 11 is 0. The van der Waals surface area contributed by atoms with Gasteiger partial charge in [0.05, 0.1) is 6.20 Å². The Kier molecular flexibility index (Phi) is 5.11. The van der Waals surface area contributed by atoms with E-state index in [0.29, 0.717) is 18.5 Å². The van der Waals surface area contributed by atoms with Gasteiger partial charge in [0.25, 0.3) is 10.0 Å². The zero-order chi connectivity index (χ0) is 15.3. The Balaban J connectivity index is 2.25. The average molecular weight is 308 g/mol. The van der Waals surface area contributed by atoms with Crippen LogP contribution < -0.4 is 10.0 Å². The lowest BCUT2D eigenvalue weighted by Crippen LogP contribution is -2.29. The topological polar surface area (TPSA) is 86.9 Å². The van der Waals surface area contributed by atoms with Gasteiger partial charge in [-0.1, -0.05) is 37.3 Å². The predicted molar refractivity (Wildman–Crippen MR) is 81.1 cm³/mol. The van der Waals surface area contributed by atoms with Crippen LogP contribution in [0.15, 0.2) is 41.6 Å². The third-order valence-electron chi connectivity index (χ3n) is 3.22. The number of aromatic nitrogens is 2. The monoisotopic (exact) mass is 308 g/mol. The van der Waals surface area contributed by atoms with Gasteiger partial charge in [-0.3, -0.25) is 5.10 Å². The van der Waals surface area contributed by atoms with Crippen molar-refractivity contribution in [2.45, 2.75) is 31.0 Å². The molecule has 6 nitrogen and oxygen atoms in total. The van der Waals surface area contributed by atoms with Gasteiger partial charge >= 0.3 is 0 Å². The van der Waals surface area contributed by atoms with E-state index < -0.39 is 10.0 Å². The summed E-state index contributed by atoms with van der Waals surface area (Å²) in [6.45, 7) is 2.39. The summed E-state index contributed by atoms with van der Waals surface area (Å²) in [4.78, 5) is 0. The van der Waals surface area contributed by atoms with Crippen LogP contribution in [0, 0.1) is 0 Å². The van der Waals surface area contributed by atoms with Crippen molar-refractivity contribution in [2.75, 3.05) is 7.05 Å². The van der Waals surface area contributed by atoms with Crippen LogP contribution in [-0.4, -0.2) is 25.7 Å². The first-order valence-corrected chi connectivity index (χ1v) is 8.31. The molecule has 0 bridgehead atoms. The minimum Gasteiger partial charge on any atom is -0.316 e. The summed E-state index contributed by atoms with van der Waals surface area (Å²) in [5.74, 6) is 0. The van der Waals surface area contributed by atoms with E-state index in [1.807, 2.05) is 37.3 Å². The quantitative estimate of drug-likeness (QED) is 0.724. The molecule has 0 amide bonds. The number of sulfonamides is 1. The summed E-state index contributed by atoms with van der Waals surface area (Å²) in [6, 6.07) is 9.27. The molecule has 3 N–H and O–H groups in total. The van der Waals surface area contributed by atoms with Crippen molar-refractivity contribution in [3.8, 4) is 0 Å². The molecule has 1 heterocycles. The van der Waals surface area contributed by atoms with Gasteiger partial charge in [0.15, 0.2) is 5.03 Å². The Labute approximate surface area is 125 Å². The number of nitrogens with one attached hydrogen (secondary N) is 3. The molecule has 0 radical (unpaired) electrons. The Morgan fingerprint density at radius 1 is 1.29 bits per heavy atom. The Hall–Kier alpha value is -1.70. The molecule has 7 heteroatoms. The largest absolute Gasteiger partial charge is 0.316 e. The van der Waals surface area contributed by atoms with Crippen LogP contribution in [0.5, 0.6) is 0 Å². The second-order valence-electron chi connectivity index (χ2n) is 4.75. The summed E-state index contributed by atoms with van der Waals surface area (Å²) < 4.78 is 27.8. The van der Waals surface area contributed by atoms with Crippen LogP contribution >= 0.6 is 0 Å². The first-order valence-electron chi connectivity index (χ1n) is 6.82. The minimum absolute atomic E-state index is 0.117. The van der Waals surface area contributed by atoms with Gasteiger partial charge in [0.2, 0.25) is 0 Å². The molecular formula is C14H20N4O2S. The molecule has 21 heavy (non-hydrogen) atoms. The number of benzene rings is 1. The van der Waals surface area contributed by atoms with Crippen LogP contribution in [0.25, 0.3) is 0 Å². The van der Waals surface area contributed by atoms with Gasteiger partial charge in [-0.05, 0) is 19.0 Å². The summed E-state index contributed by atoms with van der Waals surface area (Å²) in [6.07, 6.45) is 2.19. The van der Waals surface area contributed by atoms with E-state index in [0.717, 1.165) is 5.56 Å². The number of hydrogen-bond donors (Lipinski definition) is 3. The molecule has 0 saturated heterocycles. The second kappa shape index (κ2) is 6.84. The van der Waals surface area contributed by atoms with Crippen molar-refractivity contribution >= 4 is 10.0 Å². The third kappa shape index (κ3) is 3.69. The van der Waals surface area contributed by atoms with Crippen molar-refractivity contribution in [3.05, 3.63) is 47.7 Å². The van der Waals surface area contributed by atoms with Crippen molar-refractivity contribution < 1.29 is 8.42 Å². The Morgan fingerprint density at radius 2 is 2.00 bits per heavy atom. The molecule has 0 aliphatic carbocycles. The molecule has 114 valence electrons. The lowest BCUT2D eigenvalue weighted by molar-refractivity contribution is 0.545. The normalized spacial score (nSPS) is 13.2. The Bertz CT molecular complexity index is 667. The maximum atomic E-state index is 12.5. The van der Waals surface area contributed by atoms with Crippen LogP contribution in [0.3, 0.4) is 0 Å². The number of rotatable bonds is 7. The first kappa shape index (κ1) is 15.7. The van der Waals surface area contributed by atoms with Crippen LogP contribution in [-0.2, 0) is 16.6 Å². The third-order valence-corrected chi connectivity index (χ3v) is 4.71. The number of nitrogens with zero attached hydrogens (tertiary/aromatic N) is 1. The van der Waals surface area contributed by atoms with E-state index in [9.17, 15) is 8.42 Å². The minimum atomic E-state index is -3.64. The van der Waals surface area contributed by atoms with E-state index in [1.54, 1.807) is 7.05 Å². The van der Waals surface area contributed by atoms with E-state index in [4.69, 9.17) is 0 Å². The van der Waals surface area contributed by atoms with E-state index >= 15 is 0 Å². The molecule has 2 rings (SSSR count). The SMILES string of the molecule is CCC(NS(=O)(=O)c1[nH]ncc1CNC)c1ccccc1. The maximum Gasteiger partial charge on any atom is 0.258 e. The van der Waals surface area contributed by atoms with E-state index in [1.165, 1.54) is 6.20 Å². The van der Waals surface area contributed by atoms with Crippen LogP contribution in [0.1, 0.15) is 30.5 Å². The average Bonchev–Trinajstić information content (AvgIpc) is 2.95. The molecule has 2 aromatic rings. The highest BCUT2D eigenvalue weighted by atomic mass is 32.2.